The molecule has 0 spiro atoms. The molecule has 0 atom stereocenters. The topological polar surface area (TPSA) is 42.1 Å². The first-order chi connectivity index (χ1) is 5.29. The normalized spacial score (nSPS) is 10.5. The van der Waals surface area contributed by atoms with E-state index >= 15 is 0 Å². The van der Waals surface area contributed by atoms with Gasteiger partial charge in [0.1, 0.15) is 0 Å². The molecule has 3 nitrogen and oxygen atoms in total. The predicted molar refractivity (Wildman–Crippen MR) is 44.8 cm³/mol. The van der Waals surface area contributed by atoms with Crippen molar-refractivity contribution in [3.8, 4) is 0 Å². The minimum Gasteiger partial charge on any atom is -0.269 e. The molecule has 0 aliphatic rings. The van der Waals surface area contributed by atoms with E-state index < -0.39 is 0 Å². The van der Waals surface area contributed by atoms with Crippen molar-refractivity contribution >= 4 is 0 Å². The molecule has 1 aromatic rings. The fourth-order valence-corrected chi connectivity index (χ4v) is 0.837. The number of hydrogen-bond donors (Lipinski definition) is 1. The number of nitrogens with two attached hydrogens (primary N) is 1. The molecule has 60 valence electrons. The van der Waals surface area contributed by atoms with Crippen LogP contribution < -0.4 is 5.84 Å². The highest BCUT2D eigenvalue weighted by Gasteiger charge is 1.93. The second kappa shape index (κ2) is 4.05. The Morgan fingerprint density at radius 3 is 2.91 bits per heavy atom. The minimum atomic E-state index is 0.844. The summed E-state index contributed by atoms with van der Waals surface area (Å²) >= 11 is 0. The Labute approximate surface area is 66.8 Å². The van der Waals surface area contributed by atoms with Crippen LogP contribution in [0.15, 0.2) is 24.4 Å². The zero-order chi connectivity index (χ0) is 8.10. The van der Waals surface area contributed by atoms with Crippen LogP contribution in [0, 0.1) is 0 Å². The highest BCUT2D eigenvalue weighted by atomic mass is 15.4. The van der Waals surface area contributed by atoms with Crippen LogP contribution >= 0.6 is 0 Å². The van der Waals surface area contributed by atoms with Gasteiger partial charge in [0.15, 0.2) is 0 Å². The highest BCUT2D eigenvalue weighted by molar-refractivity contribution is 5.03. The van der Waals surface area contributed by atoms with Crippen molar-refractivity contribution in [3.05, 3.63) is 30.1 Å². The molecule has 11 heavy (non-hydrogen) atoms. The van der Waals surface area contributed by atoms with Gasteiger partial charge in [-0.3, -0.25) is 10.8 Å². The smallest absolute Gasteiger partial charge is 0.0416 e. The lowest BCUT2D eigenvalue weighted by atomic mass is 10.3. The molecule has 2 N–H and O–H groups in total. The number of hydrogen-bond acceptors (Lipinski definition) is 3. The molecule has 0 radical (unpaired) electrons. The number of rotatable bonds is 3. The predicted octanol–water partition coefficient (Wildman–Crippen LogP) is 0.430. The summed E-state index contributed by atoms with van der Waals surface area (Å²) in [6, 6.07) is 5.90. The molecule has 0 unspecified atom stereocenters. The minimum absolute atomic E-state index is 0.844. The molecule has 0 amide bonds. The fourth-order valence-electron chi connectivity index (χ4n) is 0.837. The first-order valence-electron chi connectivity index (χ1n) is 3.65. The third-order valence-corrected chi connectivity index (χ3v) is 1.45. The summed E-state index contributed by atoms with van der Waals surface area (Å²) in [5, 5.41) is 1.66. The van der Waals surface area contributed by atoms with Gasteiger partial charge in [-0.05, 0) is 12.1 Å². The van der Waals surface area contributed by atoms with Crippen LogP contribution in [0.3, 0.4) is 0 Å². The fraction of sp³-hybridized carbons (Fsp3) is 0.375. The molecule has 0 fully saturated rings. The standard InChI is InChI=1S/C8H13N3/c1-11(9)7-5-8-4-2-3-6-10-8/h2-4,6H,5,7,9H2,1H3. The van der Waals surface area contributed by atoms with Crippen LogP contribution in [0.5, 0.6) is 0 Å². The lowest BCUT2D eigenvalue weighted by Gasteiger charge is -2.07. The van der Waals surface area contributed by atoms with Gasteiger partial charge in [0.05, 0.1) is 0 Å². The maximum atomic E-state index is 5.45. The number of likely N-dealkylation sites (N-methyl/N-ethyl adjacent to an activating group) is 1. The van der Waals surface area contributed by atoms with Gasteiger partial charge in [-0.15, -0.1) is 0 Å². The lowest BCUT2D eigenvalue weighted by Crippen LogP contribution is -2.28. The first-order valence-corrected chi connectivity index (χ1v) is 3.65. The number of hydrazine groups is 1. The van der Waals surface area contributed by atoms with Gasteiger partial charge in [-0.2, -0.15) is 0 Å². The van der Waals surface area contributed by atoms with E-state index in [4.69, 9.17) is 5.84 Å². The van der Waals surface area contributed by atoms with Crippen molar-refractivity contribution in [2.45, 2.75) is 6.42 Å². The summed E-state index contributed by atoms with van der Waals surface area (Å²) in [4.78, 5) is 4.17. The van der Waals surface area contributed by atoms with E-state index in [1.165, 1.54) is 0 Å². The molecular formula is C8H13N3. The number of aromatic nitrogens is 1. The van der Waals surface area contributed by atoms with Crippen LogP contribution in [0.4, 0.5) is 0 Å². The first kappa shape index (κ1) is 8.17. The largest absolute Gasteiger partial charge is 0.269 e. The van der Waals surface area contributed by atoms with E-state index in [1.807, 2.05) is 25.2 Å². The van der Waals surface area contributed by atoms with Gasteiger partial charge in [-0.25, -0.2) is 5.01 Å². The van der Waals surface area contributed by atoms with Crippen LogP contribution in [0.2, 0.25) is 0 Å². The molecule has 1 heterocycles. The molecule has 1 aromatic heterocycles. The van der Waals surface area contributed by atoms with Gasteiger partial charge in [-0.1, -0.05) is 6.07 Å². The second-order valence-electron chi connectivity index (χ2n) is 2.55. The quantitative estimate of drug-likeness (QED) is 0.503. The zero-order valence-electron chi connectivity index (χ0n) is 6.70. The third kappa shape index (κ3) is 3.11. The van der Waals surface area contributed by atoms with Gasteiger partial charge < -0.3 is 0 Å². The molecule has 3 heteroatoms. The molecule has 0 saturated carbocycles. The molecule has 0 bridgehead atoms. The van der Waals surface area contributed by atoms with E-state index in [2.05, 4.69) is 4.98 Å². The summed E-state index contributed by atoms with van der Waals surface area (Å²) in [7, 11) is 1.85. The number of nitrogens with zero attached hydrogens (tertiary/aromatic N) is 2. The van der Waals surface area contributed by atoms with Crippen LogP contribution in [-0.4, -0.2) is 23.6 Å². The van der Waals surface area contributed by atoms with Crippen molar-refractivity contribution in [3.63, 3.8) is 0 Å². The Balaban J connectivity index is 2.39. The highest BCUT2D eigenvalue weighted by Crippen LogP contribution is 1.93. The Morgan fingerprint density at radius 2 is 2.36 bits per heavy atom. The SMILES string of the molecule is CN(N)CCc1ccccn1. The van der Waals surface area contributed by atoms with Gasteiger partial charge in [0.2, 0.25) is 0 Å². The Kier molecular flexibility index (Phi) is 3.01. The van der Waals surface area contributed by atoms with Crippen molar-refractivity contribution in [1.82, 2.24) is 9.99 Å². The summed E-state index contributed by atoms with van der Waals surface area (Å²) in [5.74, 6) is 5.45. The van der Waals surface area contributed by atoms with E-state index in [-0.39, 0.29) is 0 Å². The van der Waals surface area contributed by atoms with E-state index in [0.29, 0.717) is 0 Å². The maximum absolute atomic E-state index is 5.45. The summed E-state index contributed by atoms with van der Waals surface area (Å²) in [6.45, 7) is 0.844. The molecule has 0 aromatic carbocycles. The van der Waals surface area contributed by atoms with E-state index in [0.717, 1.165) is 18.7 Å². The average Bonchev–Trinajstić information content (AvgIpc) is 2.03. The Hall–Kier alpha value is -0.930. The Morgan fingerprint density at radius 1 is 1.55 bits per heavy atom. The number of pyridine rings is 1. The van der Waals surface area contributed by atoms with Crippen molar-refractivity contribution in [2.24, 2.45) is 5.84 Å². The lowest BCUT2D eigenvalue weighted by molar-refractivity contribution is 0.352. The van der Waals surface area contributed by atoms with Gasteiger partial charge >= 0.3 is 0 Å². The Bertz CT molecular complexity index is 196. The van der Waals surface area contributed by atoms with E-state index in [1.54, 1.807) is 11.2 Å². The van der Waals surface area contributed by atoms with Crippen molar-refractivity contribution in [1.29, 1.82) is 0 Å². The summed E-state index contributed by atoms with van der Waals surface area (Å²) < 4.78 is 0. The van der Waals surface area contributed by atoms with Gasteiger partial charge in [0.25, 0.3) is 0 Å². The zero-order valence-corrected chi connectivity index (χ0v) is 6.70. The molecule has 0 aliphatic carbocycles. The summed E-state index contributed by atoms with van der Waals surface area (Å²) in [6.07, 6.45) is 2.71. The molecule has 0 saturated heterocycles. The average molecular weight is 151 g/mol. The van der Waals surface area contributed by atoms with Crippen LogP contribution in [0.1, 0.15) is 5.69 Å². The maximum Gasteiger partial charge on any atom is 0.0416 e. The molecular weight excluding hydrogens is 138 g/mol. The second-order valence-corrected chi connectivity index (χ2v) is 2.55. The van der Waals surface area contributed by atoms with Crippen LogP contribution in [0.25, 0.3) is 0 Å². The van der Waals surface area contributed by atoms with Crippen LogP contribution in [-0.2, 0) is 6.42 Å². The third-order valence-electron chi connectivity index (χ3n) is 1.45. The van der Waals surface area contributed by atoms with Gasteiger partial charge in [0, 0.05) is 31.9 Å². The van der Waals surface area contributed by atoms with Crippen molar-refractivity contribution < 1.29 is 0 Å². The summed E-state index contributed by atoms with van der Waals surface area (Å²) in [5.41, 5.74) is 1.09. The monoisotopic (exact) mass is 151 g/mol. The molecule has 1 rings (SSSR count). The van der Waals surface area contributed by atoms with E-state index in [9.17, 15) is 0 Å². The van der Waals surface area contributed by atoms with Crippen molar-refractivity contribution in [2.75, 3.05) is 13.6 Å². The molecule has 0 aliphatic heterocycles.